The van der Waals surface area contributed by atoms with Crippen LogP contribution in [0.5, 0.6) is 0 Å². The molecular formula is C25H39N7O. The molecule has 0 aromatic carbocycles. The Morgan fingerprint density at radius 2 is 1.61 bits per heavy atom. The van der Waals surface area contributed by atoms with E-state index in [0.717, 1.165) is 86.6 Å². The summed E-state index contributed by atoms with van der Waals surface area (Å²) in [6.07, 6.45) is 4.67. The third-order valence-electron chi connectivity index (χ3n) is 5.76. The van der Waals surface area contributed by atoms with Crippen molar-refractivity contribution in [1.82, 2.24) is 24.6 Å². The normalized spacial score (nSPS) is 15.3. The zero-order valence-electron chi connectivity index (χ0n) is 21.1. The Hall–Kier alpha value is -2.74. The topological polar surface area (TPSA) is 71.7 Å². The molecule has 0 bridgehead atoms. The zero-order valence-corrected chi connectivity index (χ0v) is 21.1. The summed E-state index contributed by atoms with van der Waals surface area (Å²) in [7, 11) is 0. The van der Waals surface area contributed by atoms with Gasteiger partial charge >= 0.3 is 0 Å². The quantitative estimate of drug-likeness (QED) is 0.578. The van der Waals surface area contributed by atoms with Gasteiger partial charge in [0.05, 0.1) is 24.6 Å². The van der Waals surface area contributed by atoms with Gasteiger partial charge in [0.2, 0.25) is 0 Å². The first-order valence-electron chi connectivity index (χ1n) is 12.4. The monoisotopic (exact) mass is 453 g/mol. The molecule has 3 aromatic heterocycles. The minimum absolute atomic E-state index is 0.763. The van der Waals surface area contributed by atoms with Crippen LogP contribution >= 0.6 is 0 Å². The number of hydrogen-bond donors (Lipinski definition) is 0. The molecule has 0 spiro atoms. The number of aromatic nitrogens is 5. The maximum Gasteiger partial charge on any atom is 0.177 e. The van der Waals surface area contributed by atoms with Crippen LogP contribution in [0.3, 0.4) is 0 Å². The molecule has 2 fully saturated rings. The van der Waals surface area contributed by atoms with E-state index in [1.165, 1.54) is 12.1 Å². The largest absolute Gasteiger partial charge is 0.378 e. The zero-order chi connectivity index (χ0) is 23.8. The molecule has 0 unspecified atom stereocenters. The van der Waals surface area contributed by atoms with Crippen molar-refractivity contribution in [2.45, 2.75) is 60.8 Å². The van der Waals surface area contributed by atoms with E-state index in [1.54, 1.807) is 0 Å². The predicted octanol–water partition coefficient (Wildman–Crippen LogP) is 4.02. The smallest absolute Gasteiger partial charge is 0.177 e. The highest BCUT2D eigenvalue weighted by Crippen LogP contribution is 2.26. The summed E-state index contributed by atoms with van der Waals surface area (Å²) in [5, 5.41) is 4.69. The van der Waals surface area contributed by atoms with Crippen molar-refractivity contribution in [3.8, 4) is 0 Å². The lowest BCUT2D eigenvalue weighted by Crippen LogP contribution is -2.39. The summed E-state index contributed by atoms with van der Waals surface area (Å²) in [6, 6.07) is 4.46. The van der Waals surface area contributed by atoms with Gasteiger partial charge in [0, 0.05) is 56.2 Å². The third-order valence-corrected chi connectivity index (χ3v) is 5.76. The van der Waals surface area contributed by atoms with Gasteiger partial charge in [-0.1, -0.05) is 27.7 Å². The first kappa shape index (κ1) is 24.9. The first-order valence-corrected chi connectivity index (χ1v) is 12.4. The number of hydrogen-bond acceptors (Lipinski definition) is 7. The minimum Gasteiger partial charge on any atom is -0.378 e. The molecule has 180 valence electrons. The number of nitrogens with zero attached hydrogens (tertiary/aromatic N) is 7. The Morgan fingerprint density at radius 1 is 0.879 bits per heavy atom. The van der Waals surface area contributed by atoms with E-state index in [4.69, 9.17) is 14.7 Å². The van der Waals surface area contributed by atoms with Crippen LogP contribution in [0.1, 0.15) is 57.0 Å². The van der Waals surface area contributed by atoms with Crippen molar-refractivity contribution in [2.75, 3.05) is 49.2 Å². The van der Waals surface area contributed by atoms with Crippen LogP contribution < -0.4 is 9.80 Å². The number of anilines is 2. The van der Waals surface area contributed by atoms with Crippen molar-refractivity contribution in [3.05, 3.63) is 41.2 Å². The average molecular weight is 454 g/mol. The number of ether oxygens (including phenoxy) is 1. The molecule has 0 radical (unpaired) electrons. The fraction of sp³-hybridized carbons (Fsp3) is 0.600. The van der Waals surface area contributed by atoms with Crippen molar-refractivity contribution >= 4 is 17.2 Å². The molecule has 2 aliphatic rings. The van der Waals surface area contributed by atoms with Gasteiger partial charge in [0.15, 0.2) is 11.5 Å². The average Bonchev–Trinajstić information content (AvgIpc) is 3.28. The van der Waals surface area contributed by atoms with E-state index in [9.17, 15) is 0 Å². The number of fused-ring (bicyclic) bond motifs is 1. The SMILES string of the molecule is CC.CC.Cc1ncc(C)n2nc(CCc3cc(N4CCOCC4)cc(N4CCC4)n3)nc12. The molecular weight excluding hydrogens is 414 g/mol. The highest BCUT2D eigenvalue weighted by Gasteiger charge is 2.20. The first-order chi connectivity index (χ1) is 16.2. The van der Waals surface area contributed by atoms with Gasteiger partial charge in [-0.3, -0.25) is 4.98 Å². The molecule has 0 N–H and O–H groups in total. The van der Waals surface area contributed by atoms with Crippen LogP contribution in [0.15, 0.2) is 18.3 Å². The summed E-state index contributed by atoms with van der Waals surface area (Å²) in [6.45, 7) is 17.6. The van der Waals surface area contributed by atoms with Crippen LogP contribution in [0.25, 0.3) is 5.65 Å². The second-order valence-corrected chi connectivity index (χ2v) is 7.86. The Balaban J connectivity index is 0.000000728. The van der Waals surface area contributed by atoms with Crippen molar-refractivity contribution < 1.29 is 4.74 Å². The molecule has 2 saturated heterocycles. The molecule has 8 heteroatoms. The highest BCUT2D eigenvalue weighted by molar-refractivity contribution is 5.57. The molecule has 33 heavy (non-hydrogen) atoms. The number of pyridine rings is 1. The van der Waals surface area contributed by atoms with Crippen LogP contribution in [0, 0.1) is 13.8 Å². The number of rotatable bonds is 5. The molecule has 0 saturated carbocycles. The fourth-order valence-corrected chi connectivity index (χ4v) is 3.88. The number of morpholine rings is 1. The third kappa shape index (κ3) is 5.79. The van der Waals surface area contributed by atoms with Crippen molar-refractivity contribution in [1.29, 1.82) is 0 Å². The molecule has 5 rings (SSSR count). The van der Waals surface area contributed by atoms with Crippen LogP contribution in [0.4, 0.5) is 11.5 Å². The van der Waals surface area contributed by atoms with E-state index < -0.39 is 0 Å². The van der Waals surface area contributed by atoms with Gasteiger partial charge in [-0.2, -0.15) is 5.10 Å². The maximum absolute atomic E-state index is 5.52. The summed E-state index contributed by atoms with van der Waals surface area (Å²) >= 11 is 0. The van der Waals surface area contributed by atoms with Crippen molar-refractivity contribution in [2.24, 2.45) is 0 Å². The number of aryl methyl sites for hydroxylation is 4. The molecule has 3 aromatic rings. The summed E-state index contributed by atoms with van der Waals surface area (Å²) in [5.74, 6) is 1.93. The Bertz CT molecular complexity index is 984. The van der Waals surface area contributed by atoms with Gasteiger partial charge in [-0.05, 0) is 32.8 Å². The Labute approximate surface area is 198 Å². The standard InChI is InChI=1S/C21H27N7O.2C2H6/c1-15-14-22-16(2)21-24-19(25-28(15)21)5-4-17-12-18(26-8-10-29-11-9-26)13-20(23-17)27-6-3-7-27;2*1-2/h12-14H,3-11H2,1-2H3;2*1-2H3. The van der Waals surface area contributed by atoms with E-state index in [1.807, 2.05) is 52.3 Å². The van der Waals surface area contributed by atoms with Gasteiger partial charge in [-0.15, -0.1) is 0 Å². The van der Waals surface area contributed by atoms with Crippen LogP contribution in [0.2, 0.25) is 0 Å². The van der Waals surface area contributed by atoms with Gasteiger partial charge in [0.1, 0.15) is 5.82 Å². The lowest BCUT2D eigenvalue weighted by molar-refractivity contribution is 0.122. The maximum atomic E-state index is 5.52. The van der Waals surface area contributed by atoms with E-state index >= 15 is 0 Å². The highest BCUT2D eigenvalue weighted by atomic mass is 16.5. The summed E-state index contributed by atoms with van der Waals surface area (Å²) in [4.78, 5) is 18.8. The van der Waals surface area contributed by atoms with E-state index in [2.05, 4.69) is 32.0 Å². The Morgan fingerprint density at radius 3 is 2.24 bits per heavy atom. The van der Waals surface area contributed by atoms with Gasteiger partial charge < -0.3 is 14.5 Å². The molecule has 0 atom stereocenters. The minimum atomic E-state index is 0.763. The molecule has 8 nitrogen and oxygen atoms in total. The molecule has 5 heterocycles. The summed E-state index contributed by atoms with van der Waals surface area (Å²) in [5.41, 5.74) is 5.09. The molecule has 0 amide bonds. The van der Waals surface area contributed by atoms with E-state index in [-0.39, 0.29) is 0 Å². The second-order valence-electron chi connectivity index (χ2n) is 7.86. The predicted molar refractivity (Wildman–Crippen MR) is 134 cm³/mol. The van der Waals surface area contributed by atoms with Crippen LogP contribution in [-0.2, 0) is 17.6 Å². The van der Waals surface area contributed by atoms with Crippen LogP contribution in [-0.4, -0.2) is 64.0 Å². The molecule has 2 aliphatic heterocycles. The van der Waals surface area contributed by atoms with Crippen molar-refractivity contribution in [3.63, 3.8) is 0 Å². The Kier molecular flexibility index (Phi) is 9.00. The van der Waals surface area contributed by atoms with Gasteiger partial charge in [0.25, 0.3) is 0 Å². The van der Waals surface area contributed by atoms with Gasteiger partial charge in [-0.25, -0.2) is 14.5 Å². The summed E-state index contributed by atoms with van der Waals surface area (Å²) < 4.78 is 7.41. The van der Waals surface area contributed by atoms with E-state index in [0.29, 0.717) is 0 Å². The fourth-order valence-electron chi connectivity index (χ4n) is 3.88. The molecule has 0 aliphatic carbocycles. The second kappa shape index (κ2) is 11.9. The lowest BCUT2D eigenvalue weighted by atomic mass is 10.1. The lowest BCUT2D eigenvalue weighted by Gasteiger charge is -2.34.